The van der Waals surface area contributed by atoms with Crippen molar-refractivity contribution in [3.05, 3.63) is 74.6 Å². The highest BCUT2D eigenvalue weighted by Crippen LogP contribution is 2.37. The van der Waals surface area contributed by atoms with E-state index in [0.29, 0.717) is 29.6 Å². The first-order chi connectivity index (χ1) is 12.6. The molecular formula is C21H21ClNO3+. The summed E-state index contributed by atoms with van der Waals surface area (Å²) in [7, 11) is 0. The van der Waals surface area contributed by atoms with Gasteiger partial charge in [-0.1, -0.05) is 48.9 Å². The third kappa shape index (κ3) is 2.89. The van der Waals surface area contributed by atoms with Crippen molar-refractivity contribution in [1.29, 1.82) is 0 Å². The highest BCUT2D eigenvalue weighted by Gasteiger charge is 2.30. The van der Waals surface area contributed by atoms with Gasteiger partial charge in [0.15, 0.2) is 11.3 Å². The summed E-state index contributed by atoms with van der Waals surface area (Å²) in [6, 6.07) is 14.0. The summed E-state index contributed by atoms with van der Waals surface area (Å²) < 4.78 is 11.6. The van der Waals surface area contributed by atoms with E-state index in [9.17, 15) is 4.79 Å². The standard InChI is InChI=1S/C21H20ClNO3/c1-3-14-9-19(24)26-20-16(14)10-18(22)21-17(20)11-23(12-25-21)13(2)15-7-5-4-6-8-15/h4-10,13H,3,11-12H2,1-2H3/p+1/t13-/m0/s1. The molecule has 1 N–H and O–H groups in total. The van der Waals surface area contributed by atoms with E-state index in [2.05, 4.69) is 19.1 Å². The van der Waals surface area contributed by atoms with Gasteiger partial charge in [-0.15, -0.1) is 0 Å². The summed E-state index contributed by atoms with van der Waals surface area (Å²) in [5, 5.41) is 1.47. The molecule has 2 atom stereocenters. The molecule has 3 aromatic rings. The largest absolute Gasteiger partial charge is 0.443 e. The van der Waals surface area contributed by atoms with Crippen molar-refractivity contribution in [2.24, 2.45) is 0 Å². The molecule has 1 aliphatic rings. The van der Waals surface area contributed by atoms with E-state index < -0.39 is 0 Å². The fraction of sp³-hybridized carbons (Fsp3) is 0.286. The molecule has 0 saturated carbocycles. The van der Waals surface area contributed by atoms with Crippen molar-refractivity contribution in [2.45, 2.75) is 32.9 Å². The lowest BCUT2D eigenvalue weighted by atomic mass is 10.0. The maximum absolute atomic E-state index is 12.0. The molecule has 0 bridgehead atoms. The lowest BCUT2D eigenvalue weighted by Gasteiger charge is -2.31. The van der Waals surface area contributed by atoms with Crippen LogP contribution in [0.25, 0.3) is 11.0 Å². The quantitative estimate of drug-likeness (QED) is 0.717. The second-order valence-electron chi connectivity index (χ2n) is 6.74. The monoisotopic (exact) mass is 370 g/mol. The van der Waals surface area contributed by atoms with E-state index in [1.165, 1.54) is 10.5 Å². The molecule has 2 heterocycles. The summed E-state index contributed by atoms with van der Waals surface area (Å²) in [6.45, 7) is 5.41. The summed E-state index contributed by atoms with van der Waals surface area (Å²) in [4.78, 5) is 13.3. The zero-order valence-electron chi connectivity index (χ0n) is 14.8. The van der Waals surface area contributed by atoms with Crippen molar-refractivity contribution >= 4 is 22.6 Å². The minimum Gasteiger partial charge on any atom is -0.443 e. The smallest absolute Gasteiger partial charge is 0.336 e. The van der Waals surface area contributed by atoms with Crippen LogP contribution in [0.5, 0.6) is 5.75 Å². The number of benzene rings is 2. The molecule has 0 saturated heterocycles. The van der Waals surface area contributed by atoms with Crippen LogP contribution < -0.4 is 15.3 Å². The number of ether oxygens (including phenoxy) is 1. The molecule has 1 aliphatic heterocycles. The molecule has 0 radical (unpaired) electrons. The highest BCUT2D eigenvalue weighted by molar-refractivity contribution is 6.33. The van der Waals surface area contributed by atoms with Crippen LogP contribution in [0, 0.1) is 0 Å². The SMILES string of the molecule is CCc1cc(=O)oc2c3c(c(Cl)cc12)OC[NH+]([C@@H](C)c1ccccc1)C3. The molecule has 0 fully saturated rings. The zero-order chi connectivity index (χ0) is 18.3. The number of fused-ring (bicyclic) bond motifs is 3. The van der Waals surface area contributed by atoms with E-state index in [0.717, 1.165) is 22.9 Å². The molecular weight excluding hydrogens is 350 g/mol. The van der Waals surface area contributed by atoms with Crippen LogP contribution >= 0.6 is 11.6 Å². The Balaban J connectivity index is 1.82. The van der Waals surface area contributed by atoms with E-state index in [1.54, 1.807) is 6.07 Å². The normalized spacial score (nSPS) is 17.6. The molecule has 1 unspecified atom stereocenters. The first-order valence-corrected chi connectivity index (χ1v) is 9.26. The Labute approximate surface area is 156 Å². The Morgan fingerprint density at radius 2 is 2.00 bits per heavy atom. The van der Waals surface area contributed by atoms with Gasteiger partial charge >= 0.3 is 5.63 Å². The third-order valence-corrected chi connectivity index (χ3v) is 5.50. The van der Waals surface area contributed by atoms with Crippen molar-refractivity contribution in [1.82, 2.24) is 0 Å². The van der Waals surface area contributed by atoms with Gasteiger partial charge in [0.25, 0.3) is 0 Å². The molecule has 4 nitrogen and oxygen atoms in total. The third-order valence-electron chi connectivity index (χ3n) is 5.22. The molecule has 4 rings (SSSR count). The number of rotatable bonds is 3. The zero-order valence-corrected chi connectivity index (χ0v) is 15.6. The molecule has 2 aromatic carbocycles. The van der Waals surface area contributed by atoms with Gasteiger partial charge in [-0.2, -0.15) is 0 Å². The molecule has 134 valence electrons. The van der Waals surface area contributed by atoms with Gasteiger partial charge < -0.3 is 9.15 Å². The minimum absolute atomic E-state index is 0.250. The van der Waals surface area contributed by atoms with Crippen LogP contribution in [-0.4, -0.2) is 6.73 Å². The fourth-order valence-electron chi connectivity index (χ4n) is 3.68. The average Bonchev–Trinajstić information content (AvgIpc) is 2.68. The molecule has 0 amide bonds. The predicted molar refractivity (Wildman–Crippen MR) is 102 cm³/mol. The number of hydrogen-bond acceptors (Lipinski definition) is 3. The summed E-state index contributed by atoms with van der Waals surface area (Å²) >= 11 is 6.48. The molecule has 0 aliphatic carbocycles. The second kappa shape index (κ2) is 6.78. The van der Waals surface area contributed by atoms with Crippen LogP contribution in [-0.2, 0) is 13.0 Å². The van der Waals surface area contributed by atoms with E-state index >= 15 is 0 Å². The first-order valence-electron chi connectivity index (χ1n) is 8.89. The summed E-state index contributed by atoms with van der Waals surface area (Å²) in [5.74, 6) is 0.639. The maximum Gasteiger partial charge on any atom is 0.336 e. The number of halogens is 1. The van der Waals surface area contributed by atoms with Crippen molar-refractivity contribution in [2.75, 3.05) is 6.73 Å². The van der Waals surface area contributed by atoms with E-state index in [1.807, 2.05) is 31.2 Å². The second-order valence-corrected chi connectivity index (χ2v) is 7.15. The van der Waals surface area contributed by atoms with Crippen LogP contribution in [0.2, 0.25) is 5.02 Å². The summed E-state index contributed by atoms with van der Waals surface area (Å²) in [5.41, 5.74) is 3.35. The lowest BCUT2D eigenvalue weighted by molar-refractivity contribution is -0.960. The van der Waals surface area contributed by atoms with Gasteiger partial charge in [0.05, 0.1) is 10.6 Å². The Bertz CT molecular complexity index is 1010. The number of quaternary nitrogens is 1. The predicted octanol–water partition coefficient (Wildman–Crippen LogP) is 3.50. The van der Waals surface area contributed by atoms with Crippen LogP contribution in [0.15, 0.2) is 51.7 Å². The van der Waals surface area contributed by atoms with Crippen LogP contribution in [0.1, 0.15) is 36.6 Å². The Kier molecular flexibility index (Phi) is 4.47. The molecule has 5 heteroatoms. The highest BCUT2D eigenvalue weighted by atomic mass is 35.5. The van der Waals surface area contributed by atoms with Gasteiger partial charge in [-0.25, -0.2) is 4.79 Å². The number of nitrogens with one attached hydrogen (secondary N) is 1. The number of aryl methyl sites for hydroxylation is 1. The van der Waals surface area contributed by atoms with Crippen molar-refractivity contribution in [3.8, 4) is 5.75 Å². The lowest BCUT2D eigenvalue weighted by Crippen LogP contribution is -3.12. The van der Waals surface area contributed by atoms with Crippen molar-refractivity contribution in [3.63, 3.8) is 0 Å². The van der Waals surface area contributed by atoms with Crippen LogP contribution in [0.3, 0.4) is 0 Å². The van der Waals surface area contributed by atoms with E-state index in [4.69, 9.17) is 20.8 Å². The maximum atomic E-state index is 12.0. The van der Waals surface area contributed by atoms with Gasteiger partial charge in [-0.3, -0.25) is 4.90 Å². The van der Waals surface area contributed by atoms with Gasteiger partial charge in [0.1, 0.15) is 12.6 Å². The Morgan fingerprint density at radius 1 is 1.23 bits per heavy atom. The van der Waals surface area contributed by atoms with Crippen molar-refractivity contribution < 1.29 is 14.1 Å². The van der Waals surface area contributed by atoms with E-state index in [-0.39, 0.29) is 11.7 Å². The molecule has 0 spiro atoms. The summed E-state index contributed by atoms with van der Waals surface area (Å²) in [6.07, 6.45) is 0.745. The molecule has 26 heavy (non-hydrogen) atoms. The minimum atomic E-state index is -0.331. The average molecular weight is 371 g/mol. The van der Waals surface area contributed by atoms with Gasteiger partial charge in [-0.05, 0) is 25.0 Å². The van der Waals surface area contributed by atoms with Gasteiger partial charge in [0, 0.05) is 17.0 Å². The van der Waals surface area contributed by atoms with Gasteiger partial charge in [0.2, 0.25) is 6.73 Å². The van der Waals surface area contributed by atoms with Crippen LogP contribution in [0.4, 0.5) is 0 Å². The Hall–Kier alpha value is -2.30. The Morgan fingerprint density at radius 3 is 2.73 bits per heavy atom. The fourth-order valence-corrected chi connectivity index (χ4v) is 3.96. The molecule has 1 aromatic heterocycles. The number of hydrogen-bond donors (Lipinski definition) is 1. The topological polar surface area (TPSA) is 43.9 Å². The first kappa shape index (κ1) is 17.1.